The number of para-hydroxylation sites is 1. The Hall–Kier alpha value is -2.26. The van der Waals surface area contributed by atoms with Gasteiger partial charge in [0, 0.05) is 16.4 Å². The number of rotatable bonds is 2. The molecule has 3 rings (SSSR count). The summed E-state index contributed by atoms with van der Waals surface area (Å²) < 4.78 is 12.4. The van der Waals surface area contributed by atoms with E-state index >= 15 is 0 Å². The summed E-state index contributed by atoms with van der Waals surface area (Å²) in [5, 5.41) is 24.5. The van der Waals surface area contributed by atoms with Crippen molar-refractivity contribution in [3.8, 4) is 6.07 Å². The number of thioether (sulfide) groups is 1. The van der Waals surface area contributed by atoms with Crippen LogP contribution in [0.4, 0.5) is 0 Å². The fourth-order valence-corrected chi connectivity index (χ4v) is 3.37. The molecule has 2 heterocycles. The molecule has 1 aliphatic heterocycles. The molecule has 2 N–H and O–H groups in total. The number of aromatic nitrogens is 1. The zero-order valence-electron chi connectivity index (χ0n) is 10.5. The minimum absolute atomic E-state index is 0.0895. The van der Waals surface area contributed by atoms with E-state index in [0.29, 0.717) is 27.2 Å². The molecule has 8 heteroatoms. The fraction of sp³-hybridized carbons (Fsp3) is 0. The highest BCUT2D eigenvalue weighted by atomic mass is 32.2. The number of hydrogen-bond donors (Lipinski definition) is 2. The molecule has 2 aromatic rings. The lowest BCUT2D eigenvalue weighted by atomic mass is 10.1. The normalized spacial score (nSPS) is 17.1. The zero-order valence-corrected chi connectivity index (χ0v) is 12.2. The van der Waals surface area contributed by atoms with Gasteiger partial charge in [-0.25, -0.2) is 0 Å². The molecule has 104 valence electrons. The summed E-state index contributed by atoms with van der Waals surface area (Å²) in [5.41, 5.74) is 1.22. The van der Waals surface area contributed by atoms with Crippen LogP contribution in [0.5, 0.6) is 0 Å². The first-order valence-electron chi connectivity index (χ1n) is 5.84. The Labute approximate surface area is 124 Å². The van der Waals surface area contributed by atoms with Gasteiger partial charge in [0.25, 0.3) is 0 Å². The number of aliphatic hydroxyl groups is 1. The third-order valence-electron chi connectivity index (χ3n) is 3.00. The van der Waals surface area contributed by atoms with Crippen LogP contribution >= 0.6 is 19.9 Å². The predicted octanol–water partition coefficient (Wildman–Crippen LogP) is 2.39. The molecule has 21 heavy (non-hydrogen) atoms. The molecule has 0 spiro atoms. The van der Waals surface area contributed by atoms with Gasteiger partial charge in [0.2, 0.25) is 0 Å². The highest BCUT2D eigenvalue weighted by Crippen LogP contribution is 2.36. The van der Waals surface area contributed by atoms with E-state index in [-0.39, 0.29) is 5.76 Å². The molecule has 0 saturated heterocycles. The van der Waals surface area contributed by atoms with Crippen molar-refractivity contribution in [3.63, 3.8) is 0 Å². The summed E-state index contributed by atoms with van der Waals surface area (Å²) in [6, 6.07) is 8.83. The second-order valence-electron chi connectivity index (χ2n) is 4.21. The Morgan fingerprint density at radius 3 is 2.90 bits per heavy atom. The van der Waals surface area contributed by atoms with Gasteiger partial charge in [0.05, 0.1) is 11.7 Å². The molecule has 1 aliphatic rings. The summed E-state index contributed by atoms with van der Waals surface area (Å²) in [6.07, 6.45) is 1.37. The first kappa shape index (κ1) is 13.7. The molecule has 0 aliphatic carbocycles. The van der Waals surface area contributed by atoms with E-state index in [1.165, 1.54) is 18.0 Å². The van der Waals surface area contributed by atoms with Crippen molar-refractivity contribution < 1.29 is 14.6 Å². The first-order valence-corrected chi connectivity index (χ1v) is 7.85. The van der Waals surface area contributed by atoms with Gasteiger partial charge in [-0.05, 0) is 10.6 Å². The maximum atomic E-state index is 11.3. The van der Waals surface area contributed by atoms with Crippen LogP contribution in [0.3, 0.4) is 0 Å². The average molecular weight is 317 g/mol. The van der Waals surface area contributed by atoms with Crippen molar-refractivity contribution in [2.75, 3.05) is 0 Å². The Morgan fingerprint density at radius 2 is 2.24 bits per heavy atom. The topological polar surface area (TPSA) is 101 Å². The number of hydrogen-bond acceptors (Lipinski definition) is 6. The van der Waals surface area contributed by atoms with E-state index in [2.05, 4.69) is 5.32 Å². The monoisotopic (exact) mass is 317 g/mol. The van der Waals surface area contributed by atoms with Crippen LogP contribution in [-0.2, 0) is 4.57 Å². The van der Waals surface area contributed by atoms with Gasteiger partial charge in [-0.3, -0.25) is 0 Å². The fourth-order valence-electron chi connectivity index (χ4n) is 2.08. The molecule has 0 amide bonds. The minimum atomic E-state index is -2.83. The second-order valence-corrected chi connectivity index (χ2v) is 5.99. The molecule has 0 radical (unpaired) electrons. The van der Waals surface area contributed by atoms with E-state index in [0.717, 1.165) is 4.34 Å². The van der Waals surface area contributed by atoms with Gasteiger partial charge < -0.3 is 15.3 Å². The maximum absolute atomic E-state index is 11.3. The summed E-state index contributed by atoms with van der Waals surface area (Å²) in [6.45, 7) is 0. The molecule has 0 saturated carbocycles. The van der Waals surface area contributed by atoms with E-state index in [1.807, 2.05) is 6.07 Å². The highest BCUT2D eigenvalue weighted by molar-refractivity contribution is 8.06. The summed E-state index contributed by atoms with van der Waals surface area (Å²) >= 11 is 1.18. The third-order valence-corrected chi connectivity index (χ3v) is 4.57. The van der Waals surface area contributed by atoms with Crippen LogP contribution < -0.4 is 10.2 Å². The third kappa shape index (κ3) is 2.30. The van der Waals surface area contributed by atoms with Gasteiger partial charge in [-0.2, -0.15) is 5.26 Å². The molecule has 1 unspecified atom stereocenters. The summed E-state index contributed by atoms with van der Waals surface area (Å²) in [7, 11) is -2.83. The molecular formula is C13H8N3O3PS. The number of allylic oxidation sites excluding steroid dienone is 1. The van der Waals surface area contributed by atoms with E-state index < -0.39 is 8.18 Å². The van der Waals surface area contributed by atoms with Gasteiger partial charge in [0.1, 0.15) is 16.8 Å². The van der Waals surface area contributed by atoms with E-state index in [1.54, 1.807) is 29.7 Å². The van der Waals surface area contributed by atoms with Gasteiger partial charge in [-0.1, -0.05) is 30.0 Å². The van der Waals surface area contributed by atoms with Crippen molar-refractivity contribution >= 4 is 36.6 Å². The molecule has 6 nitrogen and oxygen atoms in total. The van der Waals surface area contributed by atoms with Gasteiger partial charge >= 0.3 is 8.18 Å². The smallest absolute Gasteiger partial charge is 0.444 e. The standard InChI is InChI=1S/C13H8N3O3PS/c14-5-8-7-21-13(15-8)12(17)10-6-16(20(18)19)11-4-2-1-3-9(10)11/h1-4,6-7,15,17H. The van der Waals surface area contributed by atoms with Crippen LogP contribution in [0.1, 0.15) is 5.56 Å². The van der Waals surface area contributed by atoms with Crippen molar-refractivity contribution in [2.24, 2.45) is 0 Å². The lowest BCUT2D eigenvalue weighted by Crippen LogP contribution is -2.05. The molecular weight excluding hydrogens is 309 g/mol. The van der Waals surface area contributed by atoms with Crippen LogP contribution in [0.2, 0.25) is 0 Å². The molecule has 1 aromatic carbocycles. The maximum Gasteiger partial charge on any atom is 0.444 e. The number of nitrogens with one attached hydrogen (secondary N) is 1. The number of nitriles is 1. The molecule has 0 bridgehead atoms. The number of aliphatic hydroxyl groups excluding tert-OH is 1. The van der Waals surface area contributed by atoms with Crippen LogP contribution in [0.25, 0.3) is 16.7 Å². The van der Waals surface area contributed by atoms with E-state index in [4.69, 9.17) is 5.26 Å². The predicted molar refractivity (Wildman–Crippen MR) is 78.9 cm³/mol. The van der Waals surface area contributed by atoms with Crippen molar-refractivity contribution in [2.45, 2.75) is 0 Å². The quantitative estimate of drug-likeness (QED) is 0.651. The lowest BCUT2D eigenvalue weighted by Gasteiger charge is -2.03. The summed E-state index contributed by atoms with van der Waals surface area (Å²) in [4.78, 5) is 11.3. The molecule has 0 fully saturated rings. The van der Waals surface area contributed by atoms with Gasteiger partial charge in [-0.15, -0.1) is 4.34 Å². The van der Waals surface area contributed by atoms with Crippen molar-refractivity contribution in [1.82, 2.24) is 9.65 Å². The molecule has 1 aromatic heterocycles. The van der Waals surface area contributed by atoms with E-state index in [9.17, 15) is 14.6 Å². The summed E-state index contributed by atoms with van der Waals surface area (Å²) in [5.74, 6) is -0.0895. The van der Waals surface area contributed by atoms with Crippen LogP contribution in [0, 0.1) is 11.3 Å². The number of nitrogens with zero attached hydrogens (tertiary/aromatic N) is 2. The minimum Gasteiger partial charge on any atom is -0.573 e. The number of fused-ring (bicyclic) bond motifs is 1. The second kappa shape index (κ2) is 5.26. The first-order chi connectivity index (χ1) is 10.1. The largest absolute Gasteiger partial charge is 0.573 e. The number of benzene rings is 1. The Morgan fingerprint density at radius 1 is 1.48 bits per heavy atom. The Balaban J connectivity index is 2.16. The van der Waals surface area contributed by atoms with Crippen LogP contribution in [-0.4, -0.2) is 9.44 Å². The van der Waals surface area contributed by atoms with Gasteiger partial charge in [0.15, 0.2) is 5.76 Å². The SMILES string of the molecule is N#CC1=CSC(=C(O)c2cn([P+](=O)[O-])c3ccccc23)N1. The lowest BCUT2D eigenvalue weighted by molar-refractivity contribution is -0.166. The van der Waals surface area contributed by atoms with Crippen LogP contribution in [0.15, 0.2) is 46.6 Å². The Bertz CT molecular complexity index is 863. The van der Waals surface area contributed by atoms with Crippen molar-refractivity contribution in [3.05, 3.63) is 52.2 Å². The zero-order chi connectivity index (χ0) is 15.0. The average Bonchev–Trinajstić information content (AvgIpc) is 3.11. The highest BCUT2D eigenvalue weighted by Gasteiger charge is 2.22. The van der Waals surface area contributed by atoms with Crippen molar-refractivity contribution in [1.29, 1.82) is 5.26 Å². The molecule has 1 atom stereocenters. The Kier molecular flexibility index (Phi) is 3.43.